The first-order valence-electron chi connectivity index (χ1n) is 6.09. The number of alkyl halides is 3. The molecule has 1 atom stereocenters. The number of halogens is 3. The molecule has 0 spiro atoms. The Morgan fingerprint density at radius 3 is 2.45 bits per heavy atom. The second-order valence-electron chi connectivity index (χ2n) is 4.29. The number of carboxylic acid groups (broad SMARTS) is 1. The van der Waals surface area contributed by atoms with Gasteiger partial charge in [-0.05, 0) is 37.6 Å². The third kappa shape index (κ3) is 6.42. The Bertz CT molecular complexity index is 431. The maximum Gasteiger partial charge on any atom is 0.573 e. The van der Waals surface area contributed by atoms with E-state index in [1.807, 2.05) is 6.92 Å². The van der Waals surface area contributed by atoms with E-state index >= 15 is 0 Å². The normalized spacial score (nSPS) is 13.0. The Morgan fingerprint density at radius 1 is 1.35 bits per heavy atom. The number of benzene rings is 1. The lowest BCUT2D eigenvalue weighted by Gasteiger charge is -2.15. The minimum atomic E-state index is -4.69. The average Bonchev–Trinajstić information content (AvgIpc) is 2.33. The van der Waals surface area contributed by atoms with Gasteiger partial charge in [0.15, 0.2) is 0 Å². The number of aliphatic carboxylic acids is 1. The van der Waals surface area contributed by atoms with Crippen LogP contribution in [0.1, 0.15) is 31.4 Å². The number of nitrogens with one attached hydrogen (secondary N) is 1. The van der Waals surface area contributed by atoms with Gasteiger partial charge < -0.3 is 15.2 Å². The quantitative estimate of drug-likeness (QED) is 0.758. The Balaban J connectivity index is 2.45. The zero-order valence-electron chi connectivity index (χ0n) is 10.9. The lowest BCUT2D eigenvalue weighted by Crippen LogP contribution is -2.20. The highest BCUT2D eigenvalue weighted by molar-refractivity contribution is 5.66. The molecule has 1 aromatic carbocycles. The van der Waals surface area contributed by atoms with Crippen LogP contribution in [0.3, 0.4) is 0 Å². The molecule has 7 heteroatoms. The van der Waals surface area contributed by atoms with Gasteiger partial charge in [0.25, 0.3) is 0 Å². The zero-order valence-corrected chi connectivity index (χ0v) is 10.9. The molecule has 0 aliphatic rings. The molecular weight excluding hydrogens is 275 g/mol. The SMILES string of the molecule is CC(NCCCC(=O)O)c1ccc(OC(F)(F)F)cc1. The van der Waals surface area contributed by atoms with E-state index in [-0.39, 0.29) is 18.2 Å². The Kier molecular flexibility index (Phi) is 5.82. The van der Waals surface area contributed by atoms with Gasteiger partial charge in [0.2, 0.25) is 0 Å². The van der Waals surface area contributed by atoms with Crippen LogP contribution in [0.5, 0.6) is 5.75 Å². The summed E-state index contributed by atoms with van der Waals surface area (Å²) in [4.78, 5) is 10.3. The maximum atomic E-state index is 12.0. The van der Waals surface area contributed by atoms with Crippen molar-refractivity contribution in [2.24, 2.45) is 0 Å². The van der Waals surface area contributed by atoms with Crippen LogP contribution >= 0.6 is 0 Å². The van der Waals surface area contributed by atoms with E-state index in [1.165, 1.54) is 24.3 Å². The molecule has 2 N–H and O–H groups in total. The molecule has 112 valence electrons. The molecule has 20 heavy (non-hydrogen) atoms. The second-order valence-corrected chi connectivity index (χ2v) is 4.29. The van der Waals surface area contributed by atoms with E-state index in [4.69, 9.17) is 5.11 Å². The van der Waals surface area contributed by atoms with Gasteiger partial charge in [-0.2, -0.15) is 0 Å². The summed E-state index contributed by atoms with van der Waals surface area (Å²) < 4.78 is 39.7. The molecular formula is C13H16F3NO3. The topological polar surface area (TPSA) is 58.6 Å². The minimum absolute atomic E-state index is 0.0799. The van der Waals surface area contributed by atoms with Gasteiger partial charge in [-0.3, -0.25) is 4.79 Å². The van der Waals surface area contributed by atoms with Crippen LogP contribution in [0, 0.1) is 0 Å². The average molecular weight is 291 g/mol. The fourth-order valence-electron chi connectivity index (χ4n) is 1.63. The van der Waals surface area contributed by atoms with Crippen LogP contribution in [-0.2, 0) is 4.79 Å². The molecule has 0 aliphatic heterocycles. The molecule has 0 aliphatic carbocycles. The van der Waals surface area contributed by atoms with Crippen molar-refractivity contribution in [2.45, 2.75) is 32.2 Å². The van der Waals surface area contributed by atoms with Gasteiger partial charge in [0.1, 0.15) is 5.75 Å². The van der Waals surface area contributed by atoms with Crippen molar-refractivity contribution < 1.29 is 27.8 Å². The van der Waals surface area contributed by atoms with E-state index in [0.29, 0.717) is 13.0 Å². The molecule has 1 aromatic rings. The highest BCUT2D eigenvalue weighted by Crippen LogP contribution is 2.24. The van der Waals surface area contributed by atoms with Crippen LogP contribution in [0.4, 0.5) is 13.2 Å². The van der Waals surface area contributed by atoms with Crippen molar-refractivity contribution in [2.75, 3.05) is 6.54 Å². The fourth-order valence-corrected chi connectivity index (χ4v) is 1.63. The molecule has 1 rings (SSSR count). The van der Waals surface area contributed by atoms with Gasteiger partial charge >= 0.3 is 12.3 Å². The molecule has 0 fully saturated rings. The summed E-state index contributed by atoms with van der Waals surface area (Å²) in [7, 11) is 0. The summed E-state index contributed by atoms with van der Waals surface area (Å²) in [6.45, 7) is 2.37. The second kappa shape index (κ2) is 7.14. The first kappa shape index (κ1) is 16.3. The highest BCUT2D eigenvalue weighted by Gasteiger charge is 2.30. The molecule has 1 unspecified atom stereocenters. The molecule has 0 aromatic heterocycles. The van der Waals surface area contributed by atoms with Gasteiger partial charge in [0, 0.05) is 12.5 Å². The standard InChI is InChI=1S/C13H16F3NO3/c1-9(17-8-2-3-12(18)19)10-4-6-11(7-5-10)20-13(14,15)16/h4-7,9,17H,2-3,8H2,1H3,(H,18,19). The predicted molar refractivity (Wildman–Crippen MR) is 66.4 cm³/mol. The summed E-state index contributed by atoms with van der Waals surface area (Å²) in [5, 5.41) is 11.6. The van der Waals surface area contributed by atoms with Crippen molar-refractivity contribution >= 4 is 5.97 Å². The molecule has 0 bridgehead atoms. The summed E-state index contributed by atoms with van der Waals surface area (Å²) in [5.74, 6) is -1.12. The smallest absolute Gasteiger partial charge is 0.481 e. The maximum absolute atomic E-state index is 12.0. The van der Waals surface area contributed by atoms with E-state index in [0.717, 1.165) is 5.56 Å². The fraction of sp³-hybridized carbons (Fsp3) is 0.462. The summed E-state index contributed by atoms with van der Waals surface area (Å²) in [5.41, 5.74) is 0.801. The number of carboxylic acids is 1. The molecule has 0 saturated carbocycles. The van der Waals surface area contributed by atoms with E-state index in [1.54, 1.807) is 0 Å². The molecule has 0 amide bonds. The first-order chi connectivity index (χ1) is 9.28. The number of rotatable bonds is 7. The lowest BCUT2D eigenvalue weighted by molar-refractivity contribution is -0.274. The molecule has 0 saturated heterocycles. The van der Waals surface area contributed by atoms with Gasteiger partial charge in [0.05, 0.1) is 0 Å². The number of carbonyl (C=O) groups is 1. The van der Waals surface area contributed by atoms with Crippen molar-refractivity contribution in [1.29, 1.82) is 0 Å². The Labute approximate surface area is 114 Å². The van der Waals surface area contributed by atoms with Crippen LogP contribution in [0.25, 0.3) is 0 Å². The van der Waals surface area contributed by atoms with Crippen molar-refractivity contribution in [1.82, 2.24) is 5.32 Å². The lowest BCUT2D eigenvalue weighted by atomic mass is 10.1. The van der Waals surface area contributed by atoms with E-state index in [9.17, 15) is 18.0 Å². The van der Waals surface area contributed by atoms with Crippen LogP contribution in [0.15, 0.2) is 24.3 Å². The Morgan fingerprint density at radius 2 is 1.95 bits per heavy atom. The summed E-state index contributed by atoms with van der Waals surface area (Å²) in [6, 6.07) is 5.49. The first-order valence-corrected chi connectivity index (χ1v) is 6.09. The van der Waals surface area contributed by atoms with Crippen LogP contribution in [0.2, 0.25) is 0 Å². The molecule has 4 nitrogen and oxygen atoms in total. The summed E-state index contributed by atoms with van der Waals surface area (Å²) >= 11 is 0. The largest absolute Gasteiger partial charge is 0.573 e. The van der Waals surface area contributed by atoms with Crippen molar-refractivity contribution in [3.05, 3.63) is 29.8 Å². The van der Waals surface area contributed by atoms with Crippen molar-refractivity contribution in [3.63, 3.8) is 0 Å². The summed E-state index contributed by atoms with van der Waals surface area (Å²) in [6.07, 6.45) is -4.12. The highest BCUT2D eigenvalue weighted by atomic mass is 19.4. The van der Waals surface area contributed by atoms with E-state index in [2.05, 4.69) is 10.1 Å². The Hall–Kier alpha value is -1.76. The minimum Gasteiger partial charge on any atom is -0.481 e. The third-order valence-corrected chi connectivity index (χ3v) is 2.63. The number of hydrogen-bond donors (Lipinski definition) is 2. The predicted octanol–water partition coefficient (Wildman–Crippen LogP) is 3.10. The number of hydrogen-bond acceptors (Lipinski definition) is 3. The van der Waals surface area contributed by atoms with Crippen molar-refractivity contribution in [3.8, 4) is 5.75 Å². The molecule has 0 heterocycles. The van der Waals surface area contributed by atoms with E-state index < -0.39 is 12.3 Å². The van der Waals surface area contributed by atoms with Gasteiger partial charge in [-0.15, -0.1) is 13.2 Å². The zero-order chi connectivity index (χ0) is 15.2. The van der Waals surface area contributed by atoms with Crippen LogP contribution < -0.4 is 10.1 Å². The van der Waals surface area contributed by atoms with Gasteiger partial charge in [-0.25, -0.2) is 0 Å². The number of ether oxygens (including phenoxy) is 1. The monoisotopic (exact) mass is 291 g/mol. The van der Waals surface area contributed by atoms with Crippen LogP contribution in [-0.4, -0.2) is 24.0 Å². The third-order valence-electron chi connectivity index (χ3n) is 2.63. The molecule has 0 radical (unpaired) electrons. The van der Waals surface area contributed by atoms with Gasteiger partial charge in [-0.1, -0.05) is 12.1 Å².